The van der Waals surface area contributed by atoms with Crippen molar-refractivity contribution in [2.24, 2.45) is 0 Å². The van der Waals surface area contributed by atoms with E-state index in [-0.39, 0.29) is 23.3 Å². The molecule has 0 saturated carbocycles. The Bertz CT molecular complexity index is 1120. The highest BCUT2D eigenvalue weighted by molar-refractivity contribution is 7.99. The summed E-state index contributed by atoms with van der Waals surface area (Å²) in [6.45, 7) is 4.56. The van der Waals surface area contributed by atoms with Crippen LogP contribution in [-0.4, -0.2) is 46.0 Å². The molecule has 0 spiro atoms. The first-order chi connectivity index (χ1) is 16.0. The molecule has 1 aromatic heterocycles. The molecule has 0 aliphatic rings. The van der Waals surface area contributed by atoms with Crippen LogP contribution in [-0.2, 0) is 17.8 Å². The Hall–Kier alpha value is -3.66. The van der Waals surface area contributed by atoms with E-state index in [0.29, 0.717) is 41.8 Å². The normalized spacial score (nSPS) is 10.5. The van der Waals surface area contributed by atoms with Gasteiger partial charge in [-0.2, -0.15) is 0 Å². The van der Waals surface area contributed by atoms with Crippen LogP contribution in [0.4, 0.5) is 10.1 Å². The Balaban J connectivity index is 1.54. The van der Waals surface area contributed by atoms with Gasteiger partial charge in [-0.05, 0) is 36.4 Å². The summed E-state index contributed by atoms with van der Waals surface area (Å²) in [4.78, 5) is 24.5. The Morgan fingerprint density at radius 3 is 2.64 bits per heavy atom. The van der Waals surface area contributed by atoms with Gasteiger partial charge < -0.3 is 19.9 Å². The van der Waals surface area contributed by atoms with Gasteiger partial charge in [0.1, 0.15) is 17.4 Å². The SMILES string of the molecule is C=CCn1c(CCNC(=O)c2ccc(OC)cc2)nnc1SCC(=O)Nc1ccccc1F. The van der Waals surface area contributed by atoms with E-state index < -0.39 is 5.82 Å². The zero-order valence-electron chi connectivity index (χ0n) is 18.1. The maximum absolute atomic E-state index is 13.7. The first-order valence-corrected chi connectivity index (χ1v) is 11.1. The minimum Gasteiger partial charge on any atom is -0.497 e. The molecule has 3 rings (SSSR count). The van der Waals surface area contributed by atoms with Crippen LogP contribution in [0.5, 0.6) is 5.75 Å². The first-order valence-electron chi connectivity index (χ1n) is 10.1. The molecule has 2 amide bonds. The molecule has 2 N–H and O–H groups in total. The smallest absolute Gasteiger partial charge is 0.251 e. The van der Waals surface area contributed by atoms with E-state index in [1.807, 2.05) is 4.57 Å². The van der Waals surface area contributed by atoms with Crippen molar-refractivity contribution in [2.75, 3.05) is 24.7 Å². The number of nitrogens with zero attached hydrogens (tertiary/aromatic N) is 3. The summed E-state index contributed by atoms with van der Waals surface area (Å²) in [5.41, 5.74) is 0.657. The average Bonchev–Trinajstić information content (AvgIpc) is 3.21. The molecular formula is C23H24FN5O3S. The minimum atomic E-state index is -0.496. The topological polar surface area (TPSA) is 98.1 Å². The number of methoxy groups -OCH3 is 1. The van der Waals surface area contributed by atoms with Crippen molar-refractivity contribution in [3.8, 4) is 5.75 Å². The zero-order chi connectivity index (χ0) is 23.6. The van der Waals surface area contributed by atoms with Crippen LogP contribution >= 0.6 is 11.8 Å². The maximum Gasteiger partial charge on any atom is 0.251 e. The Morgan fingerprint density at radius 2 is 1.94 bits per heavy atom. The molecule has 2 aromatic carbocycles. The maximum atomic E-state index is 13.7. The Kier molecular flexibility index (Phi) is 8.59. The second-order valence-electron chi connectivity index (χ2n) is 6.85. The van der Waals surface area contributed by atoms with Gasteiger partial charge in [0.15, 0.2) is 5.16 Å². The largest absolute Gasteiger partial charge is 0.497 e. The quantitative estimate of drug-likeness (QED) is 0.330. The van der Waals surface area contributed by atoms with Gasteiger partial charge >= 0.3 is 0 Å². The van der Waals surface area contributed by atoms with Crippen LogP contribution in [0.1, 0.15) is 16.2 Å². The van der Waals surface area contributed by atoms with Crippen molar-refractivity contribution < 1.29 is 18.7 Å². The lowest BCUT2D eigenvalue weighted by Gasteiger charge is -2.09. The van der Waals surface area contributed by atoms with E-state index in [2.05, 4.69) is 27.4 Å². The van der Waals surface area contributed by atoms with Gasteiger partial charge in [0, 0.05) is 25.1 Å². The molecule has 0 saturated heterocycles. The van der Waals surface area contributed by atoms with Crippen LogP contribution in [0.25, 0.3) is 0 Å². The highest BCUT2D eigenvalue weighted by Crippen LogP contribution is 2.19. The fourth-order valence-electron chi connectivity index (χ4n) is 2.93. The summed E-state index contributed by atoms with van der Waals surface area (Å²) in [7, 11) is 1.57. The summed E-state index contributed by atoms with van der Waals surface area (Å²) < 4.78 is 20.6. The van der Waals surface area contributed by atoms with Gasteiger partial charge in [-0.1, -0.05) is 30.0 Å². The van der Waals surface area contributed by atoms with E-state index in [1.54, 1.807) is 49.6 Å². The number of para-hydroxylation sites is 1. The second-order valence-corrected chi connectivity index (χ2v) is 7.79. The number of amides is 2. The lowest BCUT2D eigenvalue weighted by Crippen LogP contribution is -2.26. The number of anilines is 1. The number of aromatic nitrogens is 3. The molecule has 3 aromatic rings. The lowest BCUT2D eigenvalue weighted by molar-refractivity contribution is -0.113. The predicted molar refractivity (Wildman–Crippen MR) is 125 cm³/mol. The summed E-state index contributed by atoms with van der Waals surface area (Å²) in [6, 6.07) is 12.8. The summed E-state index contributed by atoms with van der Waals surface area (Å²) in [6.07, 6.45) is 2.15. The summed E-state index contributed by atoms with van der Waals surface area (Å²) in [5.74, 6) is 0.319. The molecular weight excluding hydrogens is 445 g/mol. The van der Waals surface area contributed by atoms with Crippen molar-refractivity contribution in [1.82, 2.24) is 20.1 Å². The number of ether oxygens (including phenoxy) is 1. The number of thioether (sulfide) groups is 1. The molecule has 1 heterocycles. The molecule has 0 aliphatic carbocycles. The molecule has 33 heavy (non-hydrogen) atoms. The number of nitrogens with one attached hydrogen (secondary N) is 2. The van der Waals surface area contributed by atoms with E-state index >= 15 is 0 Å². The molecule has 10 heteroatoms. The van der Waals surface area contributed by atoms with Gasteiger partial charge in [-0.15, -0.1) is 16.8 Å². The standard InChI is InChI=1S/C23H24FN5O3S/c1-3-14-29-20(12-13-25-22(31)16-8-10-17(32-2)11-9-16)27-28-23(29)33-15-21(30)26-19-7-5-4-6-18(19)24/h3-11H,1,12-15H2,2H3,(H,25,31)(H,26,30). The van der Waals surface area contributed by atoms with Crippen LogP contribution < -0.4 is 15.4 Å². The molecule has 0 atom stereocenters. The number of carbonyl (C=O) groups is 2. The Morgan fingerprint density at radius 1 is 1.18 bits per heavy atom. The molecule has 8 nitrogen and oxygen atoms in total. The van der Waals surface area contributed by atoms with E-state index in [0.717, 1.165) is 0 Å². The number of carbonyl (C=O) groups excluding carboxylic acids is 2. The fourth-order valence-corrected chi connectivity index (χ4v) is 3.70. The van der Waals surface area contributed by atoms with Crippen LogP contribution in [0.2, 0.25) is 0 Å². The third-order valence-electron chi connectivity index (χ3n) is 4.57. The molecule has 172 valence electrons. The van der Waals surface area contributed by atoms with Crippen LogP contribution in [0.3, 0.4) is 0 Å². The number of benzene rings is 2. The van der Waals surface area contributed by atoms with Crippen molar-refractivity contribution in [3.63, 3.8) is 0 Å². The van der Waals surface area contributed by atoms with Gasteiger partial charge in [0.05, 0.1) is 18.6 Å². The van der Waals surface area contributed by atoms with Crippen molar-refractivity contribution >= 4 is 29.3 Å². The van der Waals surface area contributed by atoms with E-state index in [9.17, 15) is 14.0 Å². The second kappa shape index (κ2) is 11.8. The number of hydrogen-bond donors (Lipinski definition) is 2. The van der Waals surface area contributed by atoms with Gasteiger partial charge in [0.2, 0.25) is 5.91 Å². The van der Waals surface area contributed by atoms with Gasteiger partial charge in [-0.3, -0.25) is 9.59 Å². The number of hydrogen-bond acceptors (Lipinski definition) is 6. The number of allylic oxidation sites excluding steroid dienone is 1. The lowest BCUT2D eigenvalue weighted by atomic mass is 10.2. The number of rotatable bonds is 11. The third kappa shape index (κ3) is 6.66. The monoisotopic (exact) mass is 469 g/mol. The molecule has 0 radical (unpaired) electrons. The van der Waals surface area contributed by atoms with E-state index in [1.165, 1.54) is 23.9 Å². The first kappa shape index (κ1) is 24.0. The molecule has 0 unspecified atom stereocenters. The highest BCUT2D eigenvalue weighted by Gasteiger charge is 2.15. The summed E-state index contributed by atoms with van der Waals surface area (Å²) >= 11 is 1.19. The molecule has 0 bridgehead atoms. The highest BCUT2D eigenvalue weighted by atomic mass is 32.2. The number of halogens is 1. The average molecular weight is 470 g/mol. The fraction of sp³-hybridized carbons (Fsp3) is 0.217. The Labute approximate surface area is 195 Å². The molecule has 0 fully saturated rings. The third-order valence-corrected chi connectivity index (χ3v) is 5.54. The van der Waals surface area contributed by atoms with Crippen molar-refractivity contribution in [3.05, 3.63) is 78.4 Å². The predicted octanol–water partition coefficient (Wildman–Crippen LogP) is 3.32. The van der Waals surface area contributed by atoms with Crippen molar-refractivity contribution in [2.45, 2.75) is 18.1 Å². The zero-order valence-corrected chi connectivity index (χ0v) is 18.9. The minimum absolute atomic E-state index is 0.0395. The van der Waals surface area contributed by atoms with Crippen LogP contribution in [0.15, 0.2) is 66.3 Å². The van der Waals surface area contributed by atoms with Gasteiger partial charge in [0.25, 0.3) is 5.91 Å². The van der Waals surface area contributed by atoms with Crippen molar-refractivity contribution in [1.29, 1.82) is 0 Å². The van der Waals surface area contributed by atoms with Crippen LogP contribution in [0, 0.1) is 5.82 Å². The van der Waals surface area contributed by atoms with E-state index in [4.69, 9.17) is 4.74 Å². The van der Waals surface area contributed by atoms with Gasteiger partial charge in [-0.25, -0.2) is 4.39 Å². The molecule has 0 aliphatic heterocycles. The summed E-state index contributed by atoms with van der Waals surface area (Å²) in [5, 5.41) is 14.3.